The Morgan fingerprint density at radius 2 is 1.35 bits per heavy atom. The number of halogens is 1. The number of urea groups is 1. The predicted octanol–water partition coefficient (Wildman–Crippen LogP) is 4.26. The Morgan fingerprint density at radius 3 is 1.87 bits per heavy atom. The van der Waals surface area contributed by atoms with Crippen molar-refractivity contribution < 1.29 is 14.0 Å². The van der Waals surface area contributed by atoms with Gasteiger partial charge in [0.1, 0.15) is 5.82 Å². The summed E-state index contributed by atoms with van der Waals surface area (Å²) in [5.41, 5.74) is 7.61. The van der Waals surface area contributed by atoms with Crippen molar-refractivity contribution in [3.63, 3.8) is 0 Å². The highest BCUT2D eigenvalue weighted by molar-refractivity contribution is 5.79. The van der Waals surface area contributed by atoms with Gasteiger partial charge in [0.15, 0.2) is 0 Å². The number of nitrogens with one attached hydrogen (secondary N) is 2. The molecule has 0 bridgehead atoms. The molecule has 0 aliphatic carbocycles. The van der Waals surface area contributed by atoms with E-state index in [1.165, 1.54) is 12.1 Å². The van der Waals surface area contributed by atoms with Crippen molar-refractivity contribution in [1.82, 2.24) is 10.6 Å². The number of amides is 3. The summed E-state index contributed by atoms with van der Waals surface area (Å²) in [6.45, 7) is 1.93. The predicted molar refractivity (Wildman–Crippen MR) is 119 cm³/mol. The van der Waals surface area contributed by atoms with Crippen LogP contribution in [-0.2, 0) is 4.79 Å². The van der Waals surface area contributed by atoms with Crippen molar-refractivity contribution in [1.29, 1.82) is 0 Å². The van der Waals surface area contributed by atoms with Gasteiger partial charge in [-0.3, -0.25) is 4.79 Å². The average molecular weight is 420 g/mol. The number of nitrogens with two attached hydrogens (primary N) is 1. The number of benzene rings is 3. The van der Waals surface area contributed by atoms with Gasteiger partial charge in [-0.25, -0.2) is 9.18 Å². The maximum absolute atomic E-state index is 14.3. The number of rotatable bonds is 8. The van der Waals surface area contributed by atoms with E-state index in [1.54, 1.807) is 12.1 Å². The highest BCUT2D eigenvalue weighted by atomic mass is 19.1. The standard InChI is InChI=1S/C25H26FN3O2/c1-17(24(18-10-4-2-5-11-18)19-12-6-3-7-13-19)28-23(30)16-22(29-25(27)31)20-14-8-9-15-21(20)26/h2-15,17,22,24H,16H2,1H3,(H,28,30)(H3,27,29,31)/t17-,22-/m1/s1. The van der Waals surface area contributed by atoms with Crippen molar-refractivity contribution >= 4 is 11.9 Å². The van der Waals surface area contributed by atoms with Crippen LogP contribution in [0.3, 0.4) is 0 Å². The Hall–Kier alpha value is -3.67. The van der Waals surface area contributed by atoms with Crippen LogP contribution in [0.25, 0.3) is 0 Å². The van der Waals surface area contributed by atoms with Gasteiger partial charge >= 0.3 is 6.03 Å². The van der Waals surface area contributed by atoms with Gasteiger partial charge in [-0.05, 0) is 24.1 Å². The van der Waals surface area contributed by atoms with E-state index in [9.17, 15) is 14.0 Å². The highest BCUT2D eigenvalue weighted by Gasteiger charge is 2.25. The molecule has 0 aliphatic heterocycles. The number of hydrogen-bond acceptors (Lipinski definition) is 2. The fourth-order valence-electron chi connectivity index (χ4n) is 3.84. The molecule has 2 atom stereocenters. The molecule has 0 spiro atoms. The lowest BCUT2D eigenvalue weighted by Gasteiger charge is -2.27. The molecule has 3 aromatic rings. The van der Waals surface area contributed by atoms with E-state index in [4.69, 9.17) is 5.73 Å². The summed E-state index contributed by atoms with van der Waals surface area (Å²) in [4.78, 5) is 24.3. The van der Waals surface area contributed by atoms with Gasteiger partial charge in [0.25, 0.3) is 0 Å². The third-order valence-electron chi connectivity index (χ3n) is 5.19. The zero-order chi connectivity index (χ0) is 22.2. The van der Waals surface area contributed by atoms with Crippen LogP contribution >= 0.6 is 0 Å². The van der Waals surface area contributed by atoms with E-state index in [2.05, 4.69) is 10.6 Å². The fraction of sp³-hybridized carbons (Fsp3) is 0.200. The molecule has 3 rings (SSSR count). The molecule has 3 aromatic carbocycles. The number of carbonyl (C=O) groups is 2. The summed E-state index contributed by atoms with van der Waals surface area (Å²) in [5.74, 6) is -0.887. The maximum atomic E-state index is 14.3. The summed E-state index contributed by atoms with van der Waals surface area (Å²) in [7, 11) is 0. The molecule has 31 heavy (non-hydrogen) atoms. The van der Waals surface area contributed by atoms with Crippen molar-refractivity contribution in [2.45, 2.75) is 31.3 Å². The van der Waals surface area contributed by atoms with Crippen LogP contribution in [-0.4, -0.2) is 18.0 Å². The quantitative estimate of drug-likeness (QED) is 0.510. The van der Waals surface area contributed by atoms with E-state index in [0.29, 0.717) is 0 Å². The second-order valence-electron chi connectivity index (χ2n) is 7.44. The van der Waals surface area contributed by atoms with Gasteiger partial charge in [-0.2, -0.15) is 0 Å². The molecule has 160 valence electrons. The molecular weight excluding hydrogens is 393 g/mol. The van der Waals surface area contributed by atoms with E-state index in [-0.39, 0.29) is 29.9 Å². The van der Waals surface area contributed by atoms with Crippen LogP contribution in [0, 0.1) is 5.82 Å². The number of primary amides is 1. The molecule has 0 aromatic heterocycles. The molecular formula is C25H26FN3O2. The van der Waals surface area contributed by atoms with E-state index >= 15 is 0 Å². The second kappa shape index (κ2) is 10.4. The Labute approximate surface area is 181 Å². The van der Waals surface area contributed by atoms with Crippen LogP contribution in [0.5, 0.6) is 0 Å². The average Bonchev–Trinajstić information content (AvgIpc) is 2.75. The molecule has 0 saturated heterocycles. The summed E-state index contributed by atoms with van der Waals surface area (Å²) < 4.78 is 14.3. The zero-order valence-corrected chi connectivity index (χ0v) is 17.3. The Bertz CT molecular complexity index is 972. The van der Waals surface area contributed by atoms with Gasteiger partial charge in [0.05, 0.1) is 12.5 Å². The van der Waals surface area contributed by atoms with Crippen molar-refractivity contribution in [2.75, 3.05) is 0 Å². The third kappa shape index (κ3) is 5.92. The minimum atomic E-state index is -0.863. The maximum Gasteiger partial charge on any atom is 0.312 e. The first-order chi connectivity index (χ1) is 15.0. The van der Waals surface area contributed by atoms with Crippen molar-refractivity contribution in [2.24, 2.45) is 5.73 Å². The largest absolute Gasteiger partial charge is 0.353 e. The molecule has 0 unspecified atom stereocenters. The van der Waals surface area contributed by atoms with Crippen LogP contribution in [0.2, 0.25) is 0 Å². The summed E-state index contributed by atoms with van der Waals surface area (Å²) >= 11 is 0. The molecule has 3 amide bonds. The highest BCUT2D eigenvalue weighted by Crippen LogP contribution is 2.28. The van der Waals surface area contributed by atoms with E-state index < -0.39 is 17.9 Å². The minimum Gasteiger partial charge on any atom is -0.353 e. The van der Waals surface area contributed by atoms with Gasteiger partial charge in [0, 0.05) is 17.5 Å². The van der Waals surface area contributed by atoms with Gasteiger partial charge in [0.2, 0.25) is 5.91 Å². The normalized spacial score (nSPS) is 12.7. The lowest BCUT2D eigenvalue weighted by molar-refractivity contribution is -0.122. The van der Waals surface area contributed by atoms with Gasteiger partial charge in [-0.15, -0.1) is 0 Å². The summed E-state index contributed by atoms with van der Waals surface area (Å²) in [6, 6.07) is 23.9. The molecule has 0 radical (unpaired) electrons. The molecule has 6 heteroatoms. The SMILES string of the molecule is C[C@@H](NC(=O)C[C@@H](NC(N)=O)c1ccccc1F)C(c1ccccc1)c1ccccc1. The molecule has 5 nitrogen and oxygen atoms in total. The van der Waals surface area contributed by atoms with Crippen molar-refractivity contribution in [3.05, 3.63) is 107 Å². The van der Waals surface area contributed by atoms with Gasteiger partial charge in [-0.1, -0.05) is 78.9 Å². The fourth-order valence-corrected chi connectivity index (χ4v) is 3.84. The van der Waals surface area contributed by atoms with Crippen LogP contribution in [0.1, 0.15) is 42.0 Å². The molecule has 0 saturated carbocycles. The Balaban J connectivity index is 1.79. The first-order valence-electron chi connectivity index (χ1n) is 10.2. The Morgan fingerprint density at radius 1 is 0.839 bits per heavy atom. The van der Waals surface area contributed by atoms with E-state index in [1.807, 2.05) is 67.6 Å². The lowest BCUT2D eigenvalue weighted by atomic mass is 9.85. The topological polar surface area (TPSA) is 84.2 Å². The van der Waals surface area contributed by atoms with Crippen molar-refractivity contribution in [3.8, 4) is 0 Å². The number of hydrogen-bond donors (Lipinski definition) is 3. The minimum absolute atomic E-state index is 0.0673. The second-order valence-corrected chi connectivity index (χ2v) is 7.44. The van der Waals surface area contributed by atoms with E-state index in [0.717, 1.165) is 11.1 Å². The van der Waals surface area contributed by atoms with Crippen LogP contribution in [0.4, 0.5) is 9.18 Å². The first-order valence-corrected chi connectivity index (χ1v) is 10.2. The molecule has 0 fully saturated rings. The zero-order valence-electron chi connectivity index (χ0n) is 17.3. The Kier molecular flexibility index (Phi) is 7.38. The summed E-state index contributed by atoms with van der Waals surface area (Å²) in [6.07, 6.45) is -0.134. The third-order valence-corrected chi connectivity index (χ3v) is 5.19. The monoisotopic (exact) mass is 419 g/mol. The van der Waals surface area contributed by atoms with Gasteiger partial charge < -0.3 is 16.4 Å². The molecule has 0 aliphatic rings. The van der Waals surface area contributed by atoms with Crippen LogP contribution in [0.15, 0.2) is 84.9 Å². The molecule has 0 heterocycles. The first kappa shape index (κ1) is 22.0. The lowest BCUT2D eigenvalue weighted by Crippen LogP contribution is -2.41. The smallest absolute Gasteiger partial charge is 0.312 e. The number of carbonyl (C=O) groups excluding carboxylic acids is 2. The van der Waals surface area contributed by atoms with Crippen LogP contribution < -0.4 is 16.4 Å². The molecule has 4 N–H and O–H groups in total. The summed E-state index contributed by atoms with van der Waals surface area (Å²) in [5, 5.41) is 5.49.